The van der Waals surface area contributed by atoms with Crippen LogP contribution in [0.4, 0.5) is 5.95 Å². The molecule has 0 aliphatic carbocycles. The zero-order valence-electron chi connectivity index (χ0n) is 14.3. The molecule has 1 amide bonds. The lowest BCUT2D eigenvalue weighted by Crippen LogP contribution is -2.30. The van der Waals surface area contributed by atoms with Crippen molar-refractivity contribution in [2.45, 2.75) is 19.4 Å². The molecule has 0 aliphatic rings. The number of amides is 1. The van der Waals surface area contributed by atoms with Gasteiger partial charge in [-0.3, -0.25) is 9.78 Å². The van der Waals surface area contributed by atoms with Crippen molar-refractivity contribution in [1.82, 2.24) is 20.2 Å². The smallest absolute Gasteiger partial charge is 0.248 e. The minimum atomic E-state index is -0.590. The first-order chi connectivity index (χ1) is 12.4. The average Bonchev–Trinajstić information content (AvgIpc) is 2.62. The van der Waals surface area contributed by atoms with Crippen LogP contribution in [0, 0.1) is 0 Å². The van der Waals surface area contributed by atoms with E-state index in [2.05, 4.69) is 25.5 Å². The third kappa shape index (κ3) is 3.78. The fourth-order valence-corrected chi connectivity index (χ4v) is 2.84. The van der Waals surface area contributed by atoms with Crippen molar-refractivity contribution in [1.29, 1.82) is 0 Å². The van der Waals surface area contributed by atoms with Crippen molar-refractivity contribution in [3.05, 3.63) is 65.1 Å². The zero-order chi connectivity index (χ0) is 18.7. The molecule has 7 nitrogen and oxygen atoms in total. The molecule has 0 bridgehead atoms. The average molecular weight is 369 g/mol. The molecule has 2 heterocycles. The Kier molecular flexibility index (Phi) is 4.81. The number of halogens is 1. The highest BCUT2D eigenvalue weighted by Crippen LogP contribution is 2.28. The standard InChI is InChI=1S/C18H17ClN6O/c1-18(2,15-13(19)7-4-8-21-15)23-17-22-10-14(24-25-17)11-5-3-6-12(9-11)16(20)26/h3-10H,1-2H3,(H2,20,26)(H,22,23,25). The molecule has 3 aromatic rings. The van der Waals surface area contributed by atoms with Gasteiger partial charge in [0.25, 0.3) is 0 Å². The maximum atomic E-state index is 11.3. The lowest BCUT2D eigenvalue weighted by molar-refractivity contribution is 0.100. The van der Waals surface area contributed by atoms with Gasteiger partial charge < -0.3 is 11.1 Å². The van der Waals surface area contributed by atoms with Gasteiger partial charge in [0, 0.05) is 17.3 Å². The number of pyridine rings is 1. The van der Waals surface area contributed by atoms with E-state index in [1.54, 1.807) is 42.7 Å². The van der Waals surface area contributed by atoms with Crippen LogP contribution in [0.5, 0.6) is 0 Å². The van der Waals surface area contributed by atoms with E-state index in [9.17, 15) is 4.79 Å². The summed E-state index contributed by atoms with van der Waals surface area (Å²) in [5, 5.41) is 12.0. The third-order valence-electron chi connectivity index (χ3n) is 3.78. The Morgan fingerprint density at radius 2 is 1.96 bits per heavy atom. The van der Waals surface area contributed by atoms with Crippen molar-refractivity contribution in [2.24, 2.45) is 5.73 Å². The maximum Gasteiger partial charge on any atom is 0.248 e. The summed E-state index contributed by atoms with van der Waals surface area (Å²) in [5.74, 6) is -0.161. The summed E-state index contributed by atoms with van der Waals surface area (Å²) in [6.45, 7) is 3.85. The highest BCUT2D eigenvalue weighted by atomic mass is 35.5. The summed E-state index contributed by atoms with van der Waals surface area (Å²) in [6, 6.07) is 10.4. The molecule has 8 heteroatoms. The van der Waals surface area contributed by atoms with Gasteiger partial charge in [-0.1, -0.05) is 23.7 Å². The van der Waals surface area contributed by atoms with Gasteiger partial charge in [-0.25, -0.2) is 4.98 Å². The molecule has 1 aromatic carbocycles. The molecular formula is C18H17ClN6O. The number of hydrogen-bond acceptors (Lipinski definition) is 6. The lowest BCUT2D eigenvalue weighted by atomic mass is 10.00. The van der Waals surface area contributed by atoms with E-state index in [-0.39, 0.29) is 0 Å². The Bertz CT molecular complexity index is 942. The van der Waals surface area contributed by atoms with E-state index in [1.165, 1.54) is 0 Å². The molecule has 0 aliphatic heterocycles. The molecule has 0 saturated heterocycles. The summed E-state index contributed by atoms with van der Waals surface area (Å²) in [4.78, 5) is 19.9. The second kappa shape index (κ2) is 7.05. The Balaban J connectivity index is 1.83. The number of aromatic nitrogens is 4. The van der Waals surface area contributed by atoms with Crippen molar-refractivity contribution >= 4 is 23.5 Å². The fourth-order valence-electron chi connectivity index (χ4n) is 2.48. The highest BCUT2D eigenvalue weighted by Gasteiger charge is 2.25. The van der Waals surface area contributed by atoms with Gasteiger partial charge in [-0.2, -0.15) is 0 Å². The first-order valence-electron chi connectivity index (χ1n) is 7.86. The van der Waals surface area contributed by atoms with Gasteiger partial charge in [-0.15, -0.1) is 10.2 Å². The van der Waals surface area contributed by atoms with Crippen LogP contribution < -0.4 is 11.1 Å². The maximum absolute atomic E-state index is 11.3. The second-order valence-corrected chi connectivity index (χ2v) is 6.60. The number of rotatable bonds is 5. The van der Waals surface area contributed by atoms with Crippen molar-refractivity contribution < 1.29 is 4.79 Å². The molecule has 3 N–H and O–H groups in total. The van der Waals surface area contributed by atoms with E-state index in [4.69, 9.17) is 17.3 Å². The van der Waals surface area contributed by atoms with Crippen molar-refractivity contribution in [3.8, 4) is 11.3 Å². The number of carbonyl (C=O) groups excluding carboxylic acids is 1. The lowest BCUT2D eigenvalue weighted by Gasteiger charge is -2.26. The summed E-state index contributed by atoms with van der Waals surface area (Å²) in [5.41, 5.74) is 7.04. The zero-order valence-corrected chi connectivity index (χ0v) is 15.0. The number of nitrogens with one attached hydrogen (secondary N) is 1. The van der Waals surface area contributed by atoms with E-state index >= 15 is 0 Å². The van der Waals surface area contributed by atoms with Crippen molar-refractivity contribution in [3.63, 3.8) is 0 Å². The molecule has 2 aromatic heterocycles. The minimum Gasteiger partial charge on any atom is -0.366 e. The highest BCUT2D eigenvalue weighted by molar-refractivity contribution is 6.31. The summed E-state index contributed by atoms with van der Waals surface area (Å²) in [7, 11) is 0. The fraction of sp³-hybridized carbons (Fsp3) is 0.167. The van der Waals surface area contributed by atoms with Crippen molar-refractivity contribution in [2.75, 3.05) is 5.32 Å². The van der Waals surface area contributed by atoms with Gasteiger partial charge in [0.1, 0.15) is 5.69 Å². The number of benzene rings is 1. The predicted molar refractivity (Wildman–Crippen MR) is 99.7 cm³/mol. The van der Waals surface area contributed by atoms with Crippen LogP contribution in [0.25, 0.3) is 11.3 Å². The van der Waals surface area contributed by atoms with E-state index < -0.39 is 11.4 Å². The van der Waals surface area contributed by atoms with Crippen LogP contribution in [0.3, 0.4) is 0 Å². The van der Waals surface area contributed by atoms with Crippen LogP contribution >= 0.6 is 11.6 Å². The molecule has 0 atom stereocenters. The van der Waals surface area contributed by atoms with Crippen LogP contribution in [0.2, 0.25) is 5.02 Å². The molecule has 0 radical (unpaired) electrons. The van der Waals surface area contributed by atoms with Gasteiger partial charge in [-0.05, 0) is 38.1 Å². The van der Waals surface area contributed by atoms with E-state index in [1.807, 2.05) is 19.9 Å². The quantitative estimate of drug-likeness (QED) is 0.716. The van der Waals surface area contributed by atoms with E-state index in [0.29, 0.717) is 33.5 Å². The number of nitrogens with zero attached hydrogens (tertiary/aromatic N) is 4. The molecule has 0 unspecified atom stereocenters. The van der Waals surface area contributed by atoms with Gasteiger partial charge in [0.05, 0.1) is 22.5 Å². The van der Waals surface area contributed by atoms with Gasteiger partial charge in [0.15, 0.2) is 0 Å². The van der Waals surface area contributed by atoms with Gasteiger partial charge >= 0.3 is 0 Å². The first-order valence-corrected chi connectivity index (χ1v) is 8.24. The second-order valence-electron chi connectivity index (χ2n) is 6.20. The molecule has 0 fully saturated rings. The molecule has 0 spiro atoms. The van der Waals surface area contributed by atoms with Crippen LogP contribution in [-0.4, -0.2) is 26.1 Å². The SMILES string of the molecule is CC(C)(Nc1ncc(-c2cccc(C(N)=O)c2)nn1)c1ncccc1Cl. The minimum absolute atomic E-state index is 0.339. The molecule has 26 heavy (non-hydrogen) atoms. The largest absolute Gasteiger partial charge is 0.366 e. The summed E-state index contributed by atoms with van der Waals surface area (Å²) in [6.07, 6.45) is 3.25. The molecule has 132 valence electrons. The Morgan fingerprint density at radius 3 is 2.62 bits per heavy atom. The normalized spacial score (nSPS) is 11.2. The molecular weight excluding hydrogens is 352 g/mol. The van der Waals surface area contributed by atoms with E-state index in [0.717, 1.165) is 0 Å². The Labute approximate surface area is 155 Å². The summed E-state index contributed by atoms with van der Waals surface area (Å²) >= 11 is 6.22. The number of anilines is 1. The van der Waals surface area contributed by atoms with Crippen LogP contribution in [-0.2, 0) is 5.54 Å². The molecule has 0 saturated carbocycles. The number of primary amides is 1. The number of carbonyl (C=O) groups is 1. The topological polar surface area (TPSA) is 107 Å². The number of nitrogens with two attached hydrogens (primary N) is 1. The predicted octanol–water partition coefficient (Wildman–Crippen LogP) is 3.03. The Morgan fingerprint density at radius 1 is 1.15 bits per heavy atom. The van der Waals surface area contributed by atoms with Crippen LogP contribution in [0.15, 0.2) is 48.8 Å². The Hall–Kier alpha value is -3.06. The number of hydrogen-bond donors (Lipinski definition) is 2. The first kappa shape index (κ1) is 17.8. The third-order valence-corrected chi connectivity index (χ3v) is 4.08. The van der Waals surface area contributed by atoms with Gasteiger partial charge in [0.2, 0.25) is 11.9 Å². The molecule has 3 rings (SSSR count). The monoisotopic (exact) mass is 368 g/mol. The van der Waals surface area contributed by atoms with Crippen LogP contribution in [0.1, 0.15) is 29.9 Å². The summed E-state index contributed by atoms with van der Waals surface area (Å²) < 4.78 is 0.